The molecule has 0 aromatic heterocycles. The average Bonchev–Trinajstić information content (AvgIpc) is 3.25. The summed E-state index contributed by atoms with van der Waals surface area (Å²) in [5.41, 5.74) is -4.49. The van der Waals surface area contributed by atoms with Gasteiger partial charge in [0.05, 0.1) is 0 Å². The summed E-state index contributed by atoms with van der Waals surface area (Å²) in [6.07, 6.45) is 3.33. The highest BCUT2D eigenvalue weighted by Crippen LogP contribution is 2.71. The quantitative estimate of drug-likeness (QED) is 0.180. The van der Waals surface area contributed by atoms with Crippen molar-refractivity contribution < 1.29 is 43.9 Å². The molecule has 1 aliphatic heterocycles. The van der Waals surface area contributed by atoms with Gasteiger partial charge < -0.3 is 4.90 Å². The minimum absolute atomic E-state index is 0.375. The van der Waals surface area contributed by atoms with Crippen LogP contribution in [0.5, 0.6) is 0 Å². The molecule has 12 heteroatoms. The molecule has 3 aliphatic rings. The lowest BCUT2D eigenvalue weighted by Crippen LogP contribution is -2.61. The summed E-state index contributed by atoms with van der Waals surface area (Å²) >= 11 is 0. The zero-order valence-electron chi connectivity index (χ0n) is 21.5. The highest BCUT2D eigenvalue weighted by Gasteiger charge is 2.70. The summed E-state index contributed by atoms with van der Waals surface area (Å²) in [4.78, 5) is 1.99. The highest BCUT2D eigenvalue weighted by molar-refractivity contribution is 6.86. The number of hydrogen-bond acceptors (Lipinski definition) is 1. The van der Waals surface area contributed by atoms with Gasteiger partial charge in [-0.2, -0.15) is 0 Å². The van der Waals surface area contributed by atoms with Gasteiger partial charge in [-0.3, -0.25) is 0 Å². The second-order valence-electron chi connectivity index (χ2n) is 11.8. The summed E-state index contributed by atoms with van der Waals surface area (Å²) in [5, 5.41) is 0. The number of benzene rings is 2. The Balaban J connectivity index is 1.88. The Bertz CT molecular complexity index is 1210. The highest BCUT2D eigenvalue weighted by atomic mass is 19.2. The van der Waals surface area contributed by atoms with E-state index in [0.29, 0.717) is 25.9 Å². The fourth-order valence-corrected chi connectivity index (χ4v) is 7.99. The van der Waals surface area contributed by atoms with Gasteiger partial charge in [0.1, 0.15) is 0 Å². The molecule has 5 rings (SSSR count). The predicted octanol–water partition coefficient (Wildman–Crippen LogP) is 6.37. The summed E-state index contributed by atoms with van der Waals surface area (Å²) in [6.45, 7) is 4.27. The van der Waals surface area contributed by atoms with Crippen LogP contribution in [-0.2, 0) is 0 Å². The molecule has 2 aromatic rings. The van der Waals surface area contributed by atoms with E-state index < -0.39 is 104 Å². The van der Waals surface area contributed by atoms with Crippen LogP contribution in [-0.4, -0.2) is 30.7 Å². The maximum atomic E-state index is 15.4. The summed E-state index contributed by atoms with van der Waals surface area (Å²) in [6, 6.07) is -0.693. The zero-order chi connectivity index (χ0) is 28.8. The van der Waals surface area contributed by atoms with E-state index in [1.54, 1.807) is 0 Å². The van der Waals surface area contributed by atoms with Crippen LogP contribution < -0.4 is 10.9 Å². The van der Waals surface area contributed by atoms with E-state index in [0.717, 1.165) is 19.3 Å². The molecule has 2 saturated carbocycles. The molecule has 2 bridgehead atoms. The number of hydrogen-bond donors (Lipinski definition) is 0. The lowest BCUT2D eigenvalue weighted by Gasteiger charge is -2.49. The van der Waals surface area contributed by atoms with Crippen molar-refractivity contribution in [2.45, 2.75) is 64.7 Å². The maximum Gasteiger partial charge on any atom is 0.230 e. The fourth-order valence-electron chi connectivity index (χ4n) is 7.99. The van der Waals surface area contributed by atoms with Crippen molar-refractivity contribution in [3.05, 3.63) is 58.2 Å². The van der Waals surface area contributed by atoms with Crippen LogP contribution in [0.25, 0.3) is 0 Å². The smallest absolute Gasteiger partial charge is 0.230 e. The molecule has 2 aromatic carbocycles. The lowest BCUT2D eigenvalue weighted by atomic mass is 9.29. The van der Waals surface area contributed by atoms with E-state index in [-0.39, 0.29) is 0 Å². The number of halogens is 10. The monoisotopic (exact) mass is 565 g/mol. The first kappa shape index (κ1) is 28.3. The van der Waals surface area contributed by atoms with E-state index >= 15 is 17.6 Å². The third-order valence-corrected chi connectivity index (χ3v) is 10.1. The normalized spacial score (nSPS) is 28.4. The SMILES string of the molecule is CC1(C)[C@@H]2CC[C@@]1(C)[C@H](N1CCCCC1)[C@H]2B(c1c(F)c(F)c(F)c(F)c1F)c1c(F)c(F)c(F)c(F)c1F. The summed E-state index contributed by atoms with van der Waals surface area (Å²) in [7, 11) is 0. The number of likely N-dealkylation sites (tertiary alicyclic amines) is 1. The molecular formula is C27H26BF10N. The van der Waals surface area contributed by atoms with Crippen molar-refractivity contribution in [2.75, 3.05) is 13.1 Å². The van der Waals surface area contributed by atoms with Gasteiger partial charge in [-0.05, 0) is 61.3 Å². The van der Waals surface area contributed by atoms with Gasteiger partial charge in [-0.1, -0.05) is 27.2 Å². The van der Waals surface area contributed by atoms with Gasteiger partial charge in [-0.25, -0.2) is 43.9 Å². The van der Waals surface area contributed by atoms with Crippen LogP contribution in [0.4, 0.5) is 43.9 Å². The molecule has 3 fully saturated rings. The van der Waals surface area contributed by atoms with Gasteiger partial charge in [0.2, 0.25) is 6.71 Å². The fraction of sp³-hybridized carbons (Fsp3) is 0.556. The Morgan fingerprint density at radius 1 is 0.590 bits per heavy atom. The Hall–Kier alpha value is -2.24. The van der Waals surface area contributed by atoms with Gasteiger partial charge >= 0.3 is 0 Å². The van der Waals surface area contributed by atoms with E-state index in [2.05, 4.69) is 0 Å². The third kappa shape index (κ3) is 3.71. The molecule has 0 spiro atoms. The first-order valence-corrected chi connectivity index (χ1v) is 12.9. The number of nitrogens with zero attached hydrogens (tertiary/aromatic N) is 1. The molecule has 2 aliphatic carbocycles. The van der Waals surface area contributed by atoms with Gasteiger partial charge in [-0.15, -0.1) is 0 Å². The van der Waals surface area contributed by atoms with Crippen LogP contribution in [0.1, 0.15) is 52.9 Å². The Morgan fingerprint density at radius 2 is 0.974 bits per heavy atom. The predicted molar refractivity (Wildman–Crippen MR) is 125 cm³/mol. The van der Waals surface area contributed by atoms with Crippen LogP contribution in [0.2, 0.25) is 5.82 Å². The molecular weight excluding hydrogens is 539 g/mol. The second-order valence-corrected chi connectivity index (χ2v) is 11.8. The molecule has 39 heavy (non-hydrogen) atoms. The van der Waals surface area contributed by atoms with E-state index in [9.17, 15) is 26.3 Å². The zero-order valence-corrected chi connectivity index (χ0v) is 21.5. The van der Waals surface area contributed by atoms with E-state index in [1.165, 1.54) is 0 Å². The first-order valence-electron chi connectivity index (χ1n) is 12.9. The van der Waals surface area contributed by atoms with Crippen molar-refractivity contribution in [3.63, 3.8) is 0 Å². The van der Waals surface area contributed by atoms with Crippen molar-refractivity contribution in [1.82, 2.24) is 4.90 Å². The van der Waals surface area contributed by atoms with Gasteiger partial charge in [0, 0.05) is 17.0 Å². The van der Waals surface area contributed by atoms with E-state index in [1.807, 2.05) is 25.7 Å². The topological polar surface area (TPSA) is 3.24 Å². The molecule has 1 nitrogen and oxygen atoms in total. The third-order valence-electron chi connectivity index (χ3n) is 10.1. The van der Waals surface area contributed by atoms with Crippen molar-refractivity contribution in [2.24, 2.45) is 16.7 Å². The molecule has 1 heterocycles. The summed E-state index contributed by atoms with van der Waals surface area (Å²) in [5.74, 6) is -25.7. The van der Waals surface area contributed by atoms with Crippen molar-refractivity contribution >= 4 is 17.6 Å². The van der Waals surface area contributed by atoms with Crippen molar-refractivity contribution in [1.29, 1.82) is 0 Å². The van der Waals surface area contributed by atoms with Crippen molar-refractivity contribution in [3.8, 4) is 0 Å². The lowest BCUT2D eigenvalue weighted by molar-refractivity contribution is 0.0323. The molecule has 0 N–H and O–H groups in total. The molecule has 4 atom stereocenters. The standard InChI is InChI=1S/C27H26BF10N/c1-26(2)11-7-8-27(26,3)25(39-9-5-4-6-10-39)12(11)28(13-15(29)19(33)23(37)20(34)16(13)30)14-17(31)21(35)24(38)22(36)18(14)32/h11-12,25H,4-10H2,1-3H3/t11-,12+,25-,27+/m1/s1. The first-order chi connectivity index (χ1) is 18.2. The van der Waals surface area contributed by atoms with Crippen LogP contribution >= 0.6 is 0 Å². The molecule has 0 unspecified atom stereocenters. The molecule has 1 saturated heterocycles. The van der Waals surface area contributed by atoms with Crippen LogP contribution in [0, 0.1) is 74.9 Å². The largest absolute Gasteiger partial charge is 0.300 e. The van der Waals surface area contributed by atoms with E-state index in [4.69, 9.17) is 0 Å². The maximum absolute atomic E-state index is 15.4. The van der Waals surface area contributed by atoms with Gasteiger partial charge in [0.15, 0.2) is 58.2 Å². The van der Waals surface area contributed by atoms with Crippen LogP contribution in [0.3, 0.4) is 0 Å². The Kier molecular flexibility index (Phi) is 6.83. The Morgan fingerprint density at radius 3 is 1.38 bits per heavy atom. The minimum atomic E-state index is -2.49. The average molecular weight is 565 g/mol. The summed E-state index contributed by atoms with van der Waals surface area (Å²) < 4.78 is 148. The molecule has 0 amide bonds. The molecule has 0 radical (unpaired) electrons. The minimum Gasteiger partial charge on any atom is -0.300 e. The Labute approximate surface area is 219 Å². The van der Waals surface area contributed by atoms with Crippen LogP contribution in [0.15, 0.2) is 0 Å². The number of fused-ring (bicyclic) bond motifs is 2. The molecule has 212 valence electrons. The second kappa shape index (κ2) is 9.41. The number of piperidine rings is 1. The van der Waals surface area contributed by atoms with Gasteiger partial charge in [0.25, 0.3) is 0 Å². The number of rotatable bonds is 4.